The average Bonchev–Trinajstić information content (AvgIpc) is 2.73. The summed E-state index contributed by atoms with van der Waals surface area (Å²) in [5, 5.41) is 5.00. The Morgan fingerprint density at radius 1 is 1.07 bits per heavy atom. The normalized spacial score (nSPS) is 15.6. The molecule has 1 aliphatic heterocycles. The third-order valence-electron chi connectivity index (χ3n) is 4.71. The van der Waals surface area contributed by atoms with Gasteiger partial charge in [0.25, 0.3) is 11.8 Å². The maximum absolute atomic E-state index is 13.3. The van der Waals surface area contributed by atoms with Crippen molar-refractivity contribution in [3.05, 3.63) is 76.8 Å². The predicted molar refractivity (Wildman–Crippen MR) is 123 cm³/mol. The molecular weight excluding hydrogens is 420 g/mol. The van der Waals surface area contributed by atoms with Gasteiger partial charge in [0, 0.05) is 10.6 Å². The smallest absolute Gasteiger partial charge is 0.270 e. The van der Waals surface area contributed by atoms with Crippen LogP contribution in [-0.4, -0.2) is 23.5 Å². The summed E-state index contributed by atoms with van der Waals surface area (Å²) in [5.74, 6) is -0.470. The third kappa shape index (κ3) is 3.67. The van der Waals surface area contributed by atoms with Crippen molar-refractivity contribution in [2.45, 2.75) is 6.92 Å². The van der Waals surface area contributed by atoms with Crippen LogP contribution in [0.5, 0.6) is 5.75 Å². The Kier molecular flexibility index (Phi) is 5.53. The van der Waals surface area contributed by atoms with E-state index in [1.165, 1.54) is 4.90 Å². The lowest BCUT2D eigenvalue weighted by atomic mass is 9.99. The molecule has 0 unspecified atom stereocenters. The van der Waals surface area contributed by atoms with Crippen LogP contribution in [-0.2, 0) is 9.59 Å². The fourth-order valence-corrected chi connectivity index (χ4v) is 3.74. The number of fused-ring (bicyclic) bond motifs is 1. The summed E-state index contributed by atoms with van der Waals surface area (Å²) < 4.78 is 5.76. The first-order chi connectivity index (χ1) is 14.5. The summed E-state index contributed by atoms with van der Waals surface area (Å²) in [4.78, 5) is 27.2. The van der Waals surface area contributed by atoms with Crippen molar-refractivity contribution in [2.75, 3.05) is 11.5 Å². The van der Waals surface area contributed by atoms with Gasteiger partial charge in [0.15, 0.2) is 5.11 Å². The topological polar surface area (TPSA) is 58.6 Å². The van der Waals surface area contributed by atoms with E-state index < -0.39 is 11.8 Å². The number of nitrogens with zero attached hydrogens (tertiary/aromatic N) is 1. The van der Waals surface area contributed by atoms with Crippen LogP contribution in [0, 0.1) is 0 Å². The Balaban J connectivity index is 1.85. The van der Waals surface area contributed by atoms with Crippen LogP contribution in [0.3, 0.4) is 0 Å². The minimum Gasteiger partial charge on any atom is -0.493 e. The Hall–Kier alpha value is -3.22. The van der Waals surface area contributed by atoms with Crippen LogP contribution < -0.4 is 15.0 Å². The lowest BCUT2D eigenvalue weighted by Gasteiger charge is -2.29. The molecule has 0 spiro atoms. The average molecular weight is 437 g/mol. The highest BCUT2D eigenvalue weighted by Gasteiger charge is 2.34. The number of thiocarbonyl (C=S) groups is 1. The van der Waals surface area contributed by atoms with Gasteiger partial charge in [-0.3, -0.25) is 19.8 Å². The number of halogens is 1. The molecule has 7 heteroatoms. The molecule has 0 aliphatic carbocycles. The van der Waals surface area contributed by atoms with Crippen LogP contribution in [0.2, 0.25) is 5.02 Å². The van der Waals surface area contributed by atoms with Crippen LogP contribution >= 0.6 is 23.8 Å². The Morgan fingerprint density at radius 2 is 1.80 bits per heavy atom. The molecular formula is C23H17ClN2O3S. The molecule has 0 saturated carbocycles. The standard InChI is InChI=1S/C23H17ClN2O3S/c1-2-29-20-12-7-14-5-3-4-6-17(14)18(20)13-19-21(27)25-23(30)26(22(19)28)16-10-8-15(24)9-11-16/h3-13H,2H2,1H3,(H,25,27,30)/b19-13-. The number of ether oxygens (including phenoxy) is 1. The molecule has 1 N–H and O–H groups in total. The molecule has 3 aromatic rings. The van der Waals surface area contributed by atoms with E-state index in [-0.39, 0.29) is 10.7 Å². The van der Waals surface area contributed by atoms with Crippen molar-refractivity contribution in [2.24, 2.45) is 0 Å². The number of carbonyl (C=O) groups excluding carboxylic acids is 2. The van der Waals surface area contributed by atoms with Crippen molar-refractivity contribution in [3.63, 3.8) is 0 Å². The number of rotatable bonds is 4. The van der Waals surface area contributed by atoms with Gasteiger partial charge in [-0.05, 0) is 66.3 Å². The maximum atomic E-state index is 13.3. The van der Waals surface area contributed by atoms with Crippen molar-refractivity contribution in [1.82, 2.24) is 5.32 Å². The molecule has 0 bridgehead atoms. The van der Waals surface area contributed by atoms with E-state index in [1.807, 2.05) is 43.3 Å². The molecule has 1 heterocycles. The first-order valence-corrected chi connectivity index (χ1v) is 10.1. The molecule has 0 aromatic heterocycles. The van der Waals surface area contributed by atoms with Crippen LogP contribution in [0.1, 0.15) is 12.5 Å². The second kappa shape index (κ2) is 8.26. The SMILES string of the molecule is CCOc1ccc2ccccc2c1/C=C1/C(=O)NC(=S)N(c2ccc(Cl)cc2)C1=O. The fourth-order valence-electron chi connectivity index (χ4n) is 3.33. The maximum Gasteiger partial charge on any atom is 0.270 e. The Labute approximate surface area is 183 Å². The number of nitrogens with one attached hydrogen (secondary N) is 1. The molecule has 0 radical (unpaired) electrons. The Morgan fingerprint density at radius 3 is 2.53 bits per heavy atom. The number of hydrogen-bond donors (Lipinski definition) is 1. The van der Waals surface area contributed by atoms with Crippen molar-refractivity contribution in [3.8, 4) is 5.75 Å². The number of carbonyl (C=O) groups is 2. The highest BCUT2D eigenvalue weighted by Crippen LogP contribution is 2.32. The second-order valence-electron chi connectivity index (χ2n) is 6.57. The van der Waals surface area contributed by atoms with E-state index in [9.17, 15) is 9.59 Å². The van der Waals surface area contributed by atoms with Crippen molar-refractivity contribution in [1.29, 1.82) is 0 Å². The number of anilines is 1. The zero-order valence-corrected chi connectivity index (χ0v) is 17.6. The minimum atomic E-state index is -0.550. The lowest BCUT2D eigenvalue weighted by molar-refractivity contribution is -0.122. The molecule has 1 fully saturated rings. The van der Waals surface area contributed by atoms with Crippen LogP contribution in [0.4, 0.5) is 5.69 Å². The summed E-state index contributed by atoms with van der Waals surface area (Å²) in [7, 11) is 0. The van der Waals surface area contributed by atoms with Gasteiger partial charge >= 0.3 is 0 Å². The van der Waals surface area contributed by atoms with Crippen molar-refractivity contribution < 1.29 is 14.3 Å². The molecule has 0 atom stereocenters. The van der Waals surface area contributed by atoms with E-state index >= 15 is 0 Å². The summed E-state index contributed by atoms with van der Waals surface area (Å²) in [6.07, 6.45) is 1.57. The summed E-state index contributed by atoms with van der Waals surface area (Å²) in [6, 6.07) is 18.2. The van der Waals surface area contributed by atoms with E-state index in [0.717, 1.165) is 10.8 Å². The lowest BCUT2D eigenvalue weighted by Crippen LogP contribution is -2.54. The zero-order chi connectivity index (χ0) is 21.3. The molecule has 3 aromatic carbocycles. The van der Waals surface area contributed by atoms with Crippen molar-refractivity contribution >= 4 is 63.3 Å². The summed E-state index contributed by atoms with van der Waals surface area (Å²) >= 11 is 11.2. The molecule has 1 saturated heterocycles. The van der Waals surface area contributed by atoms with E-state index in [4.69, 9.17) is 28.6 Å². The first kappa shape index (κ1) is 20.1. The summed E-state index contributed by atoms with van der Waals surface area (Å²) in [6.45, 7) is 2.33. The molecule has 2 amide bonds. The fraction of sp³-hybridized carbons (Fsp3) is 0.0870. The molecule has 150 valence electrons. The molecule has 1 aliphatic rings. The highest BCUT2D eigenvalue weighted by atomic mass is 35.5. The number of benzene rings is 3. The first-order valence-electron chi connectivity index (χ1n) is 9.31. The Bertz CT molecular complexity index is 1200. The van der Waals surface area contributed by atoms with Gasteiger partial charge in [0.2, 0.25) is 0 Å². The van der Waals surface area contributed by atoms with Gasteiger partial charge in [0.1, 0.15) is 11.3 Å². The minimum absolute atomic E-state index is 0.0208. The van der Waals surface area contributed by atoms with E-state index in [0.29, 0.717) is 28.6 Å². The van der Waals surface area contributed by atoms with Gasteiger partial charge in [-0.2, -0.15) is 0 Å². The van der Waals surface area contributed by atoms with Crippen LogP contribution in [0.15, 0.2) is 66.2 Å². The molecule has 4 rings (SSSR count). The van der Waals surface area contributed by atoms with E-state index in [2.05, 4.69) is 5.32 Å². The summed E-state index contributed by atoms with van der Waals surface area (Å²) in [5.41, 5.74) is 1.15. The third-order valence-corrected chi connectivity index (χ3v) is 5.24. The number of amides is 2. The van der Waals surface area contributed by atoms with Crippen LogP contribution in [0.25, 0.3) is 16.8 Å². The van der Waals surface area contributed by atoms with E-state index in [1.54, 1.807) is 30.3 Å². The molecule has 30 heavy (non-hydrogen) atoms. The van der Waals surface area contributed by atoms with Gasteiger partial charge in [-0.1, -0.05) is 41.9 Å². The van der Waals surface area contributed by atoms with Gasteiger partial charge in [-0.15, -0.1) is 0 Å². The predicted octanol–water partition coefficient (Wildman–Crippen LogP) is 4.72. The second-order valence-corrected chi connectivity index (χ2v) is 7.39. The van der Waals surface area contributed by atoms with Gasteiger partial charge < -0.3 is 4.74 Å². The van der Waals surface area contributed by atoms with Gasteiger partial charge in [-0.25, -0.2) is 0 Å². The van der Waals surface area contributed by atoms with Gasteiger partial charge in [0.05, 0.1) is 12.3 Å². The zero-order valence-electron chi connectivity index (χ0n) is 16.0. The number of hydrogen-bond acceptors (Lipinski definition) is 4. The quantitative estimate of drug-likeness (QED) is 0.365. The monoisotopic (exact) mass is 436 g/mol. The largest absolute Gasteiger partial charge is 0.493 e. The molecule has 5 nitrogen and oxygen atoms in total. The highest BCUT2D eigenvalue weighted by molar-refractivity contribution is 7.80.